The lowest BCUT2D eigenvalue weighted by Crippen LogP contribution is -2.63. The zero-order chi connectivity index (χ0) is 27.6. The van der Waals surface area contributed by atoms with Gasteiger partial charge < -0.3 is 19.4 Å². The average molecular weight is 531 g/mol. The van der Waals surface area contributed by atoms with Crippen molar-refractivity contribution in [3.05, 3.63) is 11.6 Å². The Hall–Kier alpha value is -1.20. The fraction of sp³-hybridized carbons (Fsp3) is 0.879. The lowest BCUT2D eigenvalue weighted by molar-refractivity contribution is -0.186. The van der Waals surface area contributed by atoms with Crippen molar-refractivity contribution in [3.8, 4) is 0 Å². The van der Waals surface area contributed by atoms with Crippen LogP contribution in [0.2, 0.25) is 0 Å². The summed E-state index contributed by atoms with van der Waals surface area (Å²) in [6.07, 6.45) is 15.1. The molecule has 0 heterocycles. The molecule has 0 amide bonds. The second-order valence-electron chi connectivity index (χ2n) is 13.5. The predicted molar refractivity (Wildman–Crippen MR) is 151 cm³/mol. The van der Waals surface area contributed by atoms with Crippen LogP contribution in [0.5, 0.6) is 0 Å². The number of unbranched alkanes of at least 4 members (excludes halogenated alkanes) is 6. The molecule has 4 rings (SSSR count). The van der Waals surface area contributed by atoms with E-state index in [1.807, 2.05) is 0 Å². The minimum Gasteiger partial charge on any atom is -0.481 e. The molecular weight excluding hydrogens is 476 g/mol. The number of rotatable bonds is 17. The molecule has 0 aromatic heterocycles. The van der Waals surface area contributed by atoms with Gasteiger partial charge in [-0.2, -0.15) is 0 Å². The first-order chi connectivity index (χ1) is 18.3. The van der Waals surface area contributed by atoms with Crippen LogP contribution < -0.4 is 0 Å². The third-order valence-corrected chi connectivity index (χ3v) is 11.4. The Morgan fingerprint density at radius 2 is 1.71 bits per heavy atom. The fourth-order valence-corrected chi connectivity index (χ4v) is 9.71. The summed E-state index contributed by atoms with van der Waals surface area (Å²) < 4.78 is 12.6. The molecule has 0 aromatic carbocycles. The quantitative estimate of drug-likeness (QED) is 0.121. The molecule has 4 bridgehead atoms. The third kappa shape index (κ3) is 4.42. The molecule has 5 heteroatoms. The molecule has 3 fully saturated rings. The molecule has 1 N–H and O–H groups in total. The molecule has 0 aliphatic heterocycles. The van der Waals surface area contributed by atoms with Gasteiger partial charge >= 0.3 is 5.97 Å². The van der Waals surface area contributed by atoms with Crippen molar-refractivity contribution in [2.45, 2.75) is 105 Å². The predicted octanol–water partition coefficient (Wildman–Crippen LogP) is 7.33. The van der Waals surface area contributed by atoms with Gasteiger partial charge in [-0.1, -0.05) is 84.8 Å². The van der Waals surface area contributed by atoms with Crippen LogP contribution in [-0.4, -0.2) is 43.8 Å². The Labute approximate surface area is 231 Å². The maximum Gasteiger partial charge on any atom is 0.315 e. The van der Waals surface area contributed by atoms with Crippen molar-refractivity contribution in [1.82, 2.24) is 0 Å². The van der Waals surface area contributed by atoms with E-state index < -0.39 is 22.2 Å². The van der Waals surface area contributed by atoms with Crippen LogP contribution in [0.25, 0.3) is 0 Å². The van der Waals surface area contributed by atoms with Crippen LogP contribution in [0.4, 0.5) is 0 Å². The van der Waals surface area contributed by atoms with Crippen molar-refractivity contribution in [2.24, 2.45) is 51.8 Å². The number of carboxylic acids is 1. The van der Waals surface area contributed by atoms with E-state index >= 15 is 0 Å². The van der Waals surface area contributed by atoms with Crippen molar-refractivity contribution in [3.63, 3.8) is 0 Å². The highest BCUT2D eigenvalue weighted by molar-refractivity contribution is 5.90. The van der Waals surface area contributed by atoms with Gasteiger partial charge in [-0.05, 0) is 67.6 Å². The van der Waals surface area contributed by atoms with E-state index in [0.29, 0.717) is 37.4 Å². The first-order valence-electron chi connectivity index (χ1n) is 15.8. The Morgan fingerprint density at radius 1 is 1.05 bits per heavy atom. The number of carbonyl (C=O) groups is 2. The first-order valence-corrected chi connectivity index (χ1v) is 15.8. The van der Waals surface area contributed by atoms with Crippen molar-refractivity contribution < 1.29 is 24.2 Å². The summed E-state index contributed by atoms with van der Waals surface area (Å²) in [4.78, 5) is 27.0. The number of fused-ring (bicyclic) bond motifs is 2. The summed E-state index contributed by atoms with van der Waals surface area (Å²) in [5.74, 6) is 0.654. The number of allylic oxidation sites excluding steroid dienone is 1. The van der Waals surface area contributed by atoms with E-state index in [-0.39, 0.29) is 17.8 Å². The summed E-state index contributed by atoms with van der Waals surface area (Å²) in [6.45, 7) is 13.6. The van der Waals surface area contributed by atoms with E-state index in [1.54, 1.807) is 0 Å². The highest BCUT2D eigenvalue weighted by Gasteiger charge is 2.84. The zero-order valence-electron chi connectivity index (χ0n) is 24.8. The molecule has 3 saturated carbocycles. The second-order valence-corrected chi connectivity index (χ2v) is 13.5. The smallest absolute Gasteiger partial charge is 0.315 e. The van der Waals surface area contributed by atoms with Gasteiger partial charge in [0, 0.05) is 25.2 Å². The molecular formula is C33H54O5. The van der Waals surface area contributed by atoms with Gasteiger partial charge in [-0.15, -0.1) is 0 Å². The van der Waals surface area contributed by atoms with Crippen LogP contribution in [0.1, 0.15) is 105 Å². The highest BCUT2D eigenvalue weighted by Crippen LogP contribution is 2.83. The summed E-state index contributed by atoms with van der Waals surface area (Å²) >= 11 is 0. The Morgan fingerprint density at radius 3 is 2.29 bits per heavy atom. The Bertz CT molecular complexity index is 865. The van der Waals surface area contributed by atoms with Crippen molar-refractivity contribution >= 4 is 12.3 Å². The summed E-state index contributed by atoms with van der Waals surface area (Å²) in [5, 5.41) is 11.2. The van der Waals surface area contributed by atoms with E-state index in [9.17, 15) is 14.7 Å². The van der Waals surface area contributed by atoms with E-state index in [1.165, 1.54) is 32.1 Å². The first kappa shape index (κ1) is 29.8. The maximum atomic E-state index is 13.6. The number of aliphatic carboxylic acids is 1. The topological polar surface area (TPSA) is 72.8 Å². The van der Waals surface area contributed by atoms with Gasteiger partial charge in [0.1, 0.15) is 11.7 Å². The van der Waals surface area contributed by atoms with Gasteiger partial charge in [-0.25, -0.2) is 0 Å². The van der Waals surface area contributed by atoms with E-state index in [4.69, 9.17) is 9.47 Å². The lowest BCUT2D eigenvalue weighted by atomic mass is 9.43. The van der Waals surface area contributed by atoms with Gasteiger partial charge in [0.25, 0.3) is 0 Å². The standard InChI is InChI=1S/C33H54O5/c1-6-8-10-12-14-37-20-25-16-29-27(24(25)5)19-32(22-38-15-13-11-9-7-2)26-17-28(23(3)4)33(32,30(35)36)31(29,18-26)21-34/h17,21,23-27,29H,6-16,18-20,22H2,1-5H3,(H,35,36)/t24-,25-,26+,27-,29-,31+,32+,33+/m1/s1. The molecule has 5 nitrogen and oxygen atoms in total. The highest BCUT2D eigenvalue weighted by atomic mass is 16.5. The minimum absolute atomic E-state index is 0.0947. The molecule has 0 spiro atoms. The molecule has 0 unspecified atom stereocenters. The number of carbonyl (C=O) groups excluding carboxylic acids is 1. The van der Waals surface area contributed by atoms with Gasteiger partial charge in [0.05, 0.1) is 12.0 Å². The third-order valence-electron chi connectivity index (χ3n) is 11.4. The molecule has 4 aliphatic carbocycles. The van der Waals surface area contributed by atoms with Gasteiger partial charge in [0.15, 0.2) is 0 Å². The van der Waals surface area contributed by atoms with Crippen LogP contribution in [0.3, 0.4) is 0 Å². The summed E-state index contributed by atoms with van der Waals surface area (Å²) in [5.41, 5.74) is -1.54. The average Bonchev–Trinajstić information content (AvgIpc) is 3.43. The zero-order valence-corrected chi connectivity index (χ0v) is 24.8. The number of hydrogen-bond donors (Lipinski definition) is 1. The molecule has 38 heavy (non-hydrogen) atoms. The molecule has 4 aliphatic rings. The Kier molecular flexibility index (Phi) is 9.50. The van der Waals surface area contributed by atoms with Crippen molar-refractivity contribution in [2.75, 3.05) is 26.4 Å². The molecule has 0 saturated heterocycles. The van der Waals surface area contributed by atoms with Gasteiger partial charge in [0.2, 0.25) is 0 Å². The second kappa shape index (κ2) is 12.1. The monoisotopic (exact) mass is 530 g/mol. The Balaban J connectivity index is 1.61. The number of ether oxygens (including phenoxy) is 2. The molecule has 8 atom stereocenters. The van der Waals surface area contributed by atoms with E-state index in [0.717, 1.165) is 57.2 Å². The van der Waals surface area contributed by atoms with Gasteiger partial charge in [-0.3, -0.25) is 4.79 Å². The summed E-state index contributed by atoms with van der Waals surface area (Å²) in [6, 6.07) is 0. The number of carboxylic acid groups (broad SMARTS) is 1. The van der Waals surface area contributed by atoms with Crippen LogP contribution in [0.15, 0.2) is 11.6 Å². The lowest BCUT2D eigenvalue weighted by Gasteiger charge is -2.58. The van der Waals surface area contributed by atoms with Crippen LogP contribution in [-0.2, 0) is 19.1 Å². The minimum atomic E-state index is -1.15. The molecule has 0 radical (unpaired) electrons. The number of aldehydes is 1. The van der Waals surface area contributed by atoms with Crippen molar-refractivity contribution in [1.29, 1.82) is 0 Å². The maximum absolute atomic E-state index is 13.6. The van der Waals surface area contributed by atoms with Crippen LogP contribution >= 0.6 is 0 Å². The molecule has 0 aromatic rings. The fourth-order valence-electron chi connectivity index (χ4n) is 9.71. The van der Waals surface area contributed by atoms with E-state index in [2.05, 4.69) is 40.7 Å². The largest absolute Gasteiger partial charge is 0.481 e. The SMILES string of the molecule is CCCCCCOC[C@H]1C[C@@H]2[C@H](C[C@]3(COCCCCCC)[C@H]4C=C(C(C)C)[C@]3(C(=O)O)[C@]2(C=O)C4)[C@@H]1C. The van der Waals surface area contributed by atoms with Crippen LogP contribution in [0, 0.1) is 51.8 Å². The molecule has 216 valence electrons. The summed E-state index contributed by atoms with van der Waals surface area (Å²) in [7, 11) is 0. The number of hydrogen-bond acceptors (Lipinski definition) is 4. The normalized spacial score (nSPS) is 39.0.